The van der Waals surface area contributed by atoms with Gasteiger partial charge >= 0.3 is 0 Å². The molecule has 1 aliphatic carbocycles. The van der Waals surface area contributed by atoms with Crippen molar-refractivity contribution >= 4 is 29.0 Å². The molecule has 0 aromatic heterocycles. The van der Waals surface area contributed by atoms with Crippen LogP contribution in [0.1, 0.15) is 30.4 Å². The molecule has 21 heavy (non-hydrogen) atoms. The fourth-order valence-electron chi connectivity index (χ4n) is 2.36. The molecule has 1 fully saturated rings. The van der Waals surface area contributed by atoms with Gasteiger partial charge in [0.25, 0.3) is 0 Å². The van der Waals surface area contributed by atoms with Gasteiger partial charge in [0.15, 0.2) is 5.78 Å². The summed E-state index contributed by atoms with van der Waals surface area (Å²) in [4.78, 5) is 12.6. The highest BCUT2D eigenvalue weighted by atomic mass is 35.5. The molecule has 0 saturated heterocycles. The lowest BCUT2D eigenvalue weighted by atomic mass is 9.96. The Morgan fingerprint density at radius 3 is 2.33 bits per heavy atom. The maximum atomic E-state index is 12.6. The zero-order valence-electron chi connectivity index (χ0n) is 11.8. The quantitative estimate of drug-likeness (QED) is 0.544. The van der Waals surface area contributed by atoms with Gasteiger partial charge in [-0.3, -0.25) is 4.79 Å². The van der Waals surface area contributed by atoms with Crippen LogP contribution < -0.4 is 0 Å². The maximum absolute atomic E-state index is 12.6. The number of halogens is 1. The van der Waals surface area contributed by atoms with E-state index in [4.69, 9.17) is 11.6 Å². The monoisotopic (exact) mass is 296 g/mol. The number of hydrogen-bond acceptors (Lipinski definition) is 1. The zero-order chi connectivity index (χ0) is 14.7. The Hall–Kier alpha value is -1.86. The van der Waals surface area contributed by atoms with Crippen LogP contribution in [0.15, 0.2) is 54.6 Å². The van der Waals surface area contributed by atoms with Crippen molar-refractivity contribution in [2.24, 2.45) is 5.92 Å². The van der Waals surface area contributed by atoms with Crippen LogP contribution in [0.25, 0.3) is 11.6 Å². The molecule has 0 spiro atoms. The van der Waals surface area contributed by atoms with Crippen LogP contribution in [-0.4, -0.2) is 5.78 Å². The second kappa shape index (κ2) is 6.28. The van der Waals surface area contributed by atoms with Crippen molar-refractivity contribution in [1.82, 2.24) is 0 Å². The van der Waals surface area contributed by atoms with Crippen LogP contribution in [0.2, 0.25) is 5.02 Å². The first-order valence-electron chi connectivity index (χ1n) is 7.28. The minimum atomic E-state index is 0.235. The van der Waals surface area contributed by atoms with Gasteiger partial charge in [0.2, 0.25) is 0 Å². The van der Waals surface area contributed by atoms with Crippen molar-refractivity contribution in [2.75, 3.05) is 0 Å². The molecule has 2 aromatic rings. The molecule has 0 atom stereocenters. The van der Waals surface area contributed by atoms with Gasteiger partial charge in [-0.1, -0.05) is 54.1 Å². The van der Waals surface area contributed by atoms with E-state index in [-0.39, 0.29) is 5.78 Å². The van der Waals surface area contributed by atoms with Crippen molar-refractivity contribution in [2.45, 2.75) is 19.3 Å². The third-order valence-corrected chi connectivity index (χ3v) is 3.99. The van der Waals surface area contributed by atoms with E-state index in [0.717, 1.165) is 16.7 Å². The van der Waals surface area contributed by atoms with Crippen molar-refractivity contribution in [3.05, 3.63) is 70.7 Å². The topological polar surface area (TPSA) is 17.1 Å². The molecule has 3 rings (SSSR count). The van der Waals surface area contributed by atoms with Crippen LogP contribution in [-0.2, 0) is 4.79 Å². The Kier molecular flexibility index (Phi) is 4.21. The van der Waals surface area contributed by atoms with Crippen LogP contribution in [0, 0.1) is 5.92 Å². The van der Waals surface area contributed by atoms with Gasteiger partial charge in [0, 0.05) is 17.0 Å². The first-order valence-corrected chi connectivity index (χ1v) is 7.66. The molecule has 0 unspecified atom stereocenters. The van der Waals surface area contributed by atoms with Crippen molar-refractivity contribution < 1.29 is 4.79 Å². The predicted molar refractivity (Wildman–Crippen MR) is 88.1 cm³/mol. The molecular formula is C19H17ClO. The van der Waals surface area contributed by atoms with Gasteiger partial charge in [-0.15, -0.1) is 0 Å². The van der Waals surface area contributed by atoms with E-state index in [1.807, 2.05) is 60.7 Å². The summed E-state index contributed by atoms with van der Waals surface area (Å²) in [6.45, 7) is 0. The van der Waals surface area contributed by atoms with E-state index in [1.165, 1.54) is 12.8 Å². The summed E-state index contributed by atoms with van der Waals surface area (Å²) in [7, 11) is 0. The molecular weight excluding hydrogens is 280 g/mol. The van der Waals surface area contributed by atoms with E-state index >= 15 is 0 Å². The number of carbonyl (C=O) groups excluding carboxylic acids is 1. The maximum Gasteiger partial charge on any atom is 0.163 e. The fraction of sp³-hybridized carbons (Fsp3) is 0.211. The Morgan fingerprint density at radius 2 is 1.71 bits per heavy atom. The van der Waals surface area contributed by atoms with Gasteiger partial charge in [-0.05, 0) is 48.1 Å². The molecule has 0 bridgehead atoms. The van der Waals surface area contributed by atoms with E-state index in [2.05, 4.69) is 0 Å². The smallest absolute Gasteiger partial charge is 0.163 e. The SMILES string of the molecule is O=C(CC1CC1)/C(=C/c1ccc(Cl)cc1)c1ccccc1. The normalized spacial score (nSPS) is 15.0. The zero-order valence-corrected chi connectivity index (χ0v) is 12.5. The first-order chi connectivity index (χ1) is 10.2. The van der Waals surface area contributed by atoms with Crippen LogP contribution in [0.5, 0.6) is 0 Å². The highest BCUT2D eigenvalue weighted by molar-refractivity contribution is 6.30. The first kappa shape index (κ1) is 14.1. The largest absolute Gasteiger partial charge is 0.294 e. The predicted octanol–water partition coefficient (Wildman–Crippen LogP) is 5.25. The highest BCUT2D eigenvalue weighted by Crippen LogP contribution is 2.35. The van der Waals surface area contributed by atoms with Crippen LogP contribution in [0.4, 0.5) is 0 Å². The molecule has 1 saturated carbocycles. The van der Waals surface area contributed by atoms with Crippen LogP contribution in [0.3, 0.4) is 0 Å². The number of Topliss-reactive ketones (excluding diaryl/α,β-unsaturated/α-hetero) is 1. The summed E-state index contributed by atoms with van der Waals surface area (Å²) in [6.07, 6.45) is 5.01. The summed E-state index contributed by atoms with van der Waals surface area (Å²) in [5.74, 6) is 0.827. The van der Waals surface area contributed by atoms with Gasteiger partial charge < -0.3 is 0 Å². The minimum Gasteiger partial charge on any atom is -0.294 e. The van der Waals surface area contributed by atoms with Crippen LogP contribution >= 0.6 is 11.6 Å². The minimum absolute atomic E-state index is 0.235. The van der Waals surface area contributed by atoms with E-state index in [9.17, 15) is 4.79 Å². The van der Waals surface area contributed by atoms with E-state index in [1.54, 1.807) is 0 Å². The summed E-state index contributed by atoms with van der Waals surface area (Å²) in [6, 6.07) is 17.5. The molecule has 2 heteroatoms. The Labute approximate surface area is 130 Å². The second-order valence-corrected chi connectivity index (χ2v) is 5.98. The molecule has 0 heterocycles. The summed E-state index contributed by atoms with van der Waals surface area (Å²) >= 11 is 5.92. The molecule has 0 amide bonds. The molecule has 1 aliphatic rings. The second-order valence-electron chi connectivity index (χ2n) is 5.55. The Morgan fingerprint density at radius 1 is 1.05 bits per heavy atom. The number of benzene rings is 2. The number of rotatable bonds is 5. The third kappa shape index (κ3) is 3.83. The lowest BCUT2D eigenvalue weighted by molar-refractivity contribution is -0.114. The number of carbonyl (C=O) groups is 1. The summed E-state index contributed by atoms with van der Waals surface area (Å²) < 4.78 is 0. The summed E-state index contributed by atoms with van der Waals surface area (Å²) in [5.41, 5.74) is 2.78. The van der Waals surface area contributed by atoms with Gasteiger partial charge in [-0.25, -0.2) is 0 Å². The molecule has 1 nitrogen and oxygen atoms in total. The van der Waals surface area contributed by atoms with Crippen molar-refractivity contribution in [1.29, 1.82) is 0 Å². The van der Waals surface area contributed by atoms with Crippen molar-refractivity contribution in [3.8, 4) is 0 Å². The molecule has 2 aromatic carbocycles. The summed E-state index contributed by atoms with van der Waals surface area (Å²) in [5, 5.41) is 0.706. The fourth-order valence-corrected chi connectivity index (χ4v) is 2.49. The van der Waals surface area contributed by atoms with Gasteiger partial charge in [0.1, 0.15) is 0 Å². The number of ketones is 1. The van der Waals surface area contributed by atoms with E-state index < -0.39 is 0 Å². The van der Waals surface area contributed by atoms with Crippen molar-refractivity contribution in [3.63, 3.8) is 0 Å². The Balaban J connectivity index is 1.94. The lowest BCUT2D eigenvalue weighted by Crippen LogP contribution is -2.03. The molecule has 0 N–H and O–H groups in total. The number of allylic oxidation sites excluding steroid dienone is 1. The molecule has 0 aliphatic heterocycles. The Bertz CT molecular complexity index is 652. The average molecular weight is 297 g/mol. The molecule has 106 valence electrons. The lowest BCUT2D eigenvalue weighted by Gasteiger charge is -2.07. The highest BCUT2D eigenvalue weighted by Gasteiger charge is 2.26. The standard InChI is InChI=1S/C19H17ClO/c20-17-10-8-14(9-11-17)12-18(16-4-2-1-3-5-16)19(21)13-15-6-7-15/h1-5,8-12,15H,6-7,13H2/b18-12+. The average Bonchev–Trinajstić information content (AvgIpc) is 3.31. The third-order valence-electron chi connectivity index (χ3n) is 3.74. The van der Waals surface area contributed by atoms with E-state index in [0.29, 0.717) is 17.4 Å². The number of hydrogen-bond donors (Lipinski definition) is 0. The van der Waals surface area contributed by atoms with Gasteiger partial charge in [0.05, 0.1) is 0 Å². The molecule has 0 radical (unpaired) electrons. The van der Waals surface area contributed by atoms with Gasteiger partial charge in [-0.2, -0.15) is 0 Å².